The third-order valence-electron chi connectivity index (χ3n) is 1.53. The van der Waals surface area contributed by atoms with Gasteiger partial charge in [-0.25, -0.2) is 4.98 Å². The number of carboxylic acid groups (broad SMARTS) is 1. The SMILES string of the molecule is C[C@H](NCc1csc(N)n1)C(=O)O. The number of nitrogens with zero attached hydrogens (tertiary/aromatic N) is 1. The summed E-state index contributed by atoms with van der Waals surface area (Å²) in [6.07, 6.45) is 0. The first kappa shape index (κ1) is 9.94. The van der Waals surface area contributed by atoms with Crippen molar-refractivity contribution in [3.05, 3.63) is 11.1 Å². The van der Waals surface area contributed by atoms with E-state index in [1.54, 1.807) is 12.3 Å². The van der Waals surface area contributed by atoms with Crippen LogP contribution in [0.15, 0.2) is 5.38 Å². The van der Waals surface area contributed by atoms with E-state index in [9.17, 15) is 4.79 Å². The molecule has 13 heavy (non-hydrogen) atoms. The summed E-state index contributed by atoms with van der Waals surface area (Å²) in [5, 5.41) is 13.7. The smallest absolute Gasteiger partial charge is 0.320 e. The molecule has 0 unspecified atom stereocenters. The molecule has 0 radical (unpaired) electrons. The normalized spacial score (nSPS) is 12.7. The van der Waals surface area contributed by atoms with Gasteiger partial charge in [0, 0.05) is 11.9 Å². The lowest BCUT2D eigenvalue weighted by molar-refractivity contribution is -0.139. The summed E-state index contributed by atoms with van der Waals surface area (Å²) in [6, 6.07) is -0.567. The topological polar surface area (TPSA) is 88.2 Å². The van der Waals surface area contributed by atoms with Crippen LogP contribution in [0, 0.1) is 0 Å². The maximum absolute atomic E-state index is 10.4. The zero-order valence-electron chi connectivity index (χ0n) is 7.15. The van der Waals surface area contributed by atoms with Crippen LogP contribution in [0.25, 0.3) is 0 Å². The molecule has 1 heterocycles. The third-order valence-corrected chi connectivity index (χ3v) is 2.25. The Balaban J connectivity index is 2.39. The summed E-state index contributed by atoms with van der Waals surface area (Å²) >= 11 is 1.34. The van der Waals surface area contributed by atoms with Crippen LogP contribution in [0.4, 0.5) is 5.13 Å². The molecule has 0 amide bonds. The van der Waals surface area contributed by atoms with E-state index in [2.05, 4.69) is 10.3 Å². The minimum atomic E-state index is -0.872. The number of carboxylic acids is 1. The van der Waals surface area contributed by atoms with Gasteiger partial charge in [-0.05, 0) is 6.92 Å². The number of anilines is 1. The number of aliphatic carboxylic acids is 1. The molecule has 0 saturated carbocycles. The van der Waals surface area contributed by atoms with Crippen molar-refractivity contribution in [3.63, 3.8) is 0 Å². The van der Waals surface area contributed by atoms with Crippen LogP contribution in [0.5, 0.6) is 0 Å². The first-order valence-corrected chi connectivity index (χ1v) is 4.63. The third kappa shape index (κ3) is 3.00. The number of nitrogens with two attached hydrogens (primary N) is 1. The first-order valence-electron chi connectivity index (χ1n) is 3.75. The number of aromatic nitrogens is 1. The van der Waals surface area contributed by atoms with Gasteiger partial charge in [0.25, 0.3) is 0 Å². The van der Waals surface area contributed by atoms with Crippen molar-refractivity contribution in [2.75, 3.05) is 5.73 Å². The number of nitrogen functional groups attached to an aromatic ring is 1. The molecule has 0 spiro atoms. The fourth-order valence-corrected chi connectivity index (χ4v) is 1.31. The molecular weight excluding hydrogens is 190 g/mol. The molecular formula is C7H11N3O2S. The van der Waals surface area contributed by atoms with Gasteiger partial charge in [0.05, 0.1) is 5.69 Å². The van der Waals surface area contributed by atoms with E-state index in [0.29, 0.717) is 11.7 Å². The van der Waals surface area contributed by atoms with Gasteiger partial charge in [-0.1, -0.05) is 0 Å². The van der Waals surface area contributed by atoms with Crippen LogP contribution in [-0.2, 0) is 11.3 Å². The second kappa shape index (κ2) is 4.20. The minimum absolute atomic E-state index is 0.432. The van der Waals surface area contributed by atoms with Crippen molar-refractivity contribution >= 4 is 22.4 Å². The summed E-state index contributed by atoms with van der Waals surface area (Å²) in [6.45, 7) is 2.01. The van der Waals surface area contributed by atoms with E-state index in [1.807, 2.05) is 0 Å². The average Bonchev–Trinajstić information content (AvgIpc) is 2.47. The standard InChI is InChI=1S/C7H11N3O2S/c1-4(6(11)12)9-2-5-3-13-7(8)10-5/h3-4,9H,2H2,1H3,(H2,8,10)(H,11,12)/t4-/m0/s1. The maximum Gasteiger partial charge on any atom is 0.320 e. The van der Waals surface area contributed by atoms with E-state index in [0.717, 1.165) is 5.69 Å². The fraction of sp³-hybridized carbons (Fsp3) is 0.429. The second-order valence-corrected chi connectivity index (χ2v) is 3.51. The molecule has 6 heteroatoms. The summed E-state index contributed by atoms with van der Waals surface area (Å²) < 4.78 is 0. The van der Waals surface area contributed by atoms with Crippen LogP contribution >= 0.6 is 11.3 Å². The van der Waals surface area contributed by atoms with E-state index in [4.69, 9.17) is 10.8 Å². The van der Waals surface area contributed by atoms with Gasteiger partial charge in [0.2, 0.25) is 0 Å². The predicted octanol–water partition coefficient (Wildman–Crippen LogP) is 0.288. The minimum Gasteiger partial charge on any atom is -0.480 e. The molecule has 0 fully saturated rings. The van der Waals surface area contributed by atoms with Gasteiger partial charge >= 0.3 is 5.97 Å². The van der Waals surface area contributed by atoms with Crippen LogP contribution in [0.3, 0.4) is 0 Å². The Kier molecular flexibility index (Phi) is 3.21. The molecule has 1 atom stereocenters. The number of hydrogen-bond donors (Lipinski definition) is 3. The number of hydrogen-bond acceptors (Lipinski definition) is 5. The van der Waals surface area contributed by atoms with Gasteiger partial charge in [-0.3, -0.25) is 10.1 Å². The Morgan fingerprint density at radius 1 is 1.92 bits per heavy atom. The highest BCUT2D eigenvalue weighted by molar-refractivity contribution is 7.13. The largest absolute Gasteiger partial charge is 0.480 e. The lowest BCUT2D eigenvalue weighted by atomic mass is 10.3. The molecule has 4 N–H and O–H groups in total. The highest BCUT2D eigenvalue weighted by atomic mass is 32.1. The maximum atomic E-state index is 10.4. The number of carbonyl (C=O) groups is 1. The Labute approximate surface area is 79.6 Å². The molecule has 72 valence electrons. The van der Waals surface area contributed by atoms with E-state index >= 15 is 0 Å². The van der Waals surface area contributed by atoms with E-state index in [1.165, 1.54) is 11.3 Å². The van der Waals surface area contributed by atoms with Crippen molar-refractivity contribution in [1.82, 2.24) is 10.3 Å². The van der Waals surface area contributed by atoms with Gasteiger partial charge in [-0.15, -0.1) is 11.3 Å². The summed E-state index contributed by atoms with van der Waals surface area (Å²) in [5.74, 6) is -0.872. The zero-order valence-corrected chi connectivity index (χ0v) is 7.97. The molecule has 0 aliphatic rings. The second-order valence-electron chi connectivity index (χ2n) is 2.62. The van der Waals surface area contributed by atoms with Crippen molar-refractivity contribution in [2.45, 2.75) is 19.5 Å². The summed E-state index contributed by atoms with van der Waals surface area (Å²) in [5.41, 5.74) is 6.18. The van der Waals surface area contributed by atoms with E-state index in [-0.39, 0.29) is 0 Å². The number of thiazole rings is 1. The molecule has 5 nitrogen and oxygen atoms in total. The summed E-state index contributed by atoms with van der Waals surface area (Å²) in [7, 11) is 0. The highest BCUT2D eigenvalue weighted by Crippen LogP contribution is 2.10. The van der Waals surface area contributed by atoms with E-state index < -0.39 is 12.0 Å². The molecule has 1 aromatic heterocycles. The molecule has 0 aromatic carbocycles. The summed E-state index contributed by atoms with van der Waals surface area (Å²) in [4.78, 5) is 14.4. The van der Waals surface area contributed by atoms with Crippen LogP contribution < -0.4 is 11.1 Å². The molecule has 0 aliphatic heterocycles. The molecule has 0 aliphatic carbocycles. The van der Waals surface area contributed by atoms with Crippen LogP contribution in [-0.4, -0.2) is 22.1 Å². The first-order chi connectivity index (χ1) is 6.09. The van der Waals surface area contributed by atoms with Crippen molar-refractivity contribution in [3.8, 4) is 0 Å². The predicted molar refractivity (Wildman–Crippen MR) is 50.5 cm³/mol. The quantitative estimate of drug-likeness (QED) is 0.651. The Hall–Kier alpha value is -1.14. The Morgan fingerprint density at radius 2 is 2.62 bits per heavy atom. The lowest BCUT2D eigenvalue weighted by Crippen LogP contribution is -2.33. The van der Waals surface area contributed by atoms with Gasteiger partial charge in [-0.2, -0.15) is 0 Å². The Bertz CT molecular complexity index is 300. The van der Waals surface area contributed by atoms with Gasteiger partial charge < -0.3 is 10.8 Å². The average molecular weight is 201 g/mol. The Morgan fingerprint density at radius 3 is 3.08 bits per heavy atom. The van der Waals surface area contributed by atoms with Crippen LogP contribution in [0.2, 0.25) is 0 Å². The number of nitrogens with one attached hydrogen (secondary N) is 1. The fourth-order valence-electron chi connectivity index (χ4n) is 0.749. The van der Waals surface area contributed by atoms with Crippen molar-refractivity contribution in [1.29, 1.82) is 0 Å². The highest BCUT2D eigenvalue weighted by Gasteiger charge is 2.09. The van der Waals surface area contributed by atoms with Crippen molar-refractivity contribution in [2.24, 2.45) is 0 Å². The molecule has 0 saturated heterocycles. The molecule has 0 bridgehead atoms. The van der Waals surface area contributed by atoms with Gasteiger partial charge in [0.15, 0.2) is 5.13 Å². The molecule has 1 aromatic rings. The number of rotatable bonds is 4. The zero-order chi connectivity index (χ0) is 9.84. The van der Waals surface area contributed by atoms with Gasteiger partial charge in [0.1, 0.15) is 6.04 Å². The lowest BCUT2D eigenvalue weighted by Gasteiger charge is -2.06. The monoisotopic (exact) mass is 201 g/mol. The van der Waals surface area contributed by atoms with Crippen LogP contribution in [0.1, 0.15) is 12.6 Å². The molecule has 1 rings (SSSR count). The van der Waals surface area contributed by atoms with Crippen molar-refractivity contribution < 1.29 is 9.90 Å².